The average molecular weight is 472 g/mol. The molecule has 0 bridgehead atoms. The third-order valence-electron chi connectivity index (χ3n) is 5.05. The first kappa shape index (κ1) is 23.5. The van der Waals surface area contributed by atoms with Crippen molar-refractivity contribution >= 4 is 17.7 Å². The monoisotopic (exact) mass is 471 g/mol. The molecule has 2 aromatic heterocycles. The number of nitrogens with one attached hydrogen (secondary N) is 1. The highest BCUT2D eigenvalue weighted by atomic mass is 16.5. The normalized spacial score (nSPS) is 10.9. The van der Waals surface area contributed by atoms with Gasteiger partial charge in [-0.3, -0.25) is 9.36 Å². The van der Waals surface area contributed by atoms with Gasteiger partial charge >= 0.3 is 0 Å². The third-order valence-corrected chi connectivity index (χ3v) is 5.05. The molecule has 0 atom stereocenters. The largest absolute Gasteiger partial charge is 0.493 e. The van der Waals surface area contributed by atoms with Crippen LogP contribution in [0.25, 0.3) is 11.9 Å². The number of methoxy groups -OCH3 is 2. The van der Waals surface area contributed by atoms with Gasteiger partial charge in [0.1, 0.15) is 23.2 Å². The van der Waals surface area contributed by atoms with Gasteiger partial charge in [0.05, 0.1) is 14.2 Å². The van der Waals surface area contributed by atoms with Crippen molar-refractivity contribution in [2.24, 2.45) is 0 Å². The predicted octanol–water partition coefficient (Wildman–Crippen LogP) is 4.74. The highest BCUT2D eigenvalue weighted by molar-refractivity contribution is 6.02. The van der Waals surface area contributed by atoms with Crippen molar-refractivity contribution < 1.29 is 19.0 Å². The van der Waals surface area contributed by atoms with Crippen molar-refractivity contribution in [3.8, 4) is 28.9 Å². The average Bonchev–Trinajstić information content (AvgIpc) is 3.29. The van der Waals surface area contributed by atoms with Crippen LogP contribution in [0.5, 0.6) is 23.1 Å². The molecular weight excluding hydrogens is 446 g/mol. The van der Waals surface area contributed by atoms with Crippen LogP contribution >= 0.6 is 0 Å². The van der Waals surface area contributed by atoms with Gasteiger partial charge in [-0.25, -0.2) is 9.97 Å². The fourth-order valence-corrected chi connectivity index (χ4v) is 3.36. The van der Waals surface area contributed by atoms with Gasteiger partial charge < -0.3 is 19.5 Å². The molecule has 4 rings (SSSR count). The van der Waals surface area contributed by atoms with Crippen molar-refractivity contribution in [2.45, 2.75) is 13.8 Å². The first-order valence-corrected chi connectivity index (χ1v) is 10.8. The van der Waals surface area contributed by atoms with Crippen LogP contribution in [0.4, 0.5) is 5.69 Å². The van der Waals surface area contributed by atoms with Crippen LogP contribution in [-0.4, -0.2) is 39.6 Å². The Bertz CT molecular complexity index is 1360. The number of anilines is 1. The number of nitrogens with zero attached hydrogens (tertiary/aromatic N) is 4. The van der Waals surface area contributed by atoms with Gasteiger partial charge in [0.15, 0.2) is 11.5 Å². The summed E-state index contributed by atoms with van der Waals surface area (Å²) >= 11 is 0. The summed E-state index contributed by atoms with van der Waals surface area (Å²) in [4.78, 5) is 25.4. The minimum absolute atomic E-state index is 0.264. The van der Waals surface area contributed by atoms with Gasteiger partial charge in [0.25, 0.3) is 0 Å². The van der Waals surface area contributed by atoms with E-state index in [0.29, 0.717) is 40.5 Å². The van der Waals surface area contributed by atoms with Crippen LogP contribution in [0.3, 0.4) is 0 Å². The molecule has 9 nitrogen and oxygen atoms in total. The lowest BCUT2D eigenvalue weighted by Crippen LogP contribution is -2.07. The molecular formula is C26H25N5O4. The van der Waals surface area contributed by atoms with Crippen LogP contribution in [0, 0.1) is 13.8 Å². The number of ether oxygens (including phenoxy) is 3. The highest BCUT2D eigenvalue weighted by Gasteiger charge is 2.09. The Labute approximate surface area is 203 Å². The fourth-order valence-electron chi connectivity index (χ4n) is 3.36. The molecule has 1 amide bonds. The number of carbonyl (C=O) groups excluding carboxylic acids is 1. The number of rotatable bonds is 8. The van der Waals surface area contributed by atoms with Gasteiger partial charge in [-0.1, -0.05) is 6.07 Å². The van der Waals surface area contributed by atoms with Crippen molar-refractivity contribution in [3.05, 3.63) is 84.2 Å². The van der Waals surface area contributed by atoms with Gasteiger partial charge in [-0.15, -0.1) is 0 Å². The van der Waals surface area contributed by atoms with Gasteiger partial charge in [0.2, 0.25) is 11.8 Å². The van der Waals surface area contributed by atoms with Crippen LogP contribution < -0.4 is 19.5 Å². The number of aromatic nitrogens is 4. The van der Waals surface area contributed by atoms with E-state index in [-0.39, 0.29) is 5.91 Å². The van der Waals surface area contributed by atoms with E-state index in [2.05, 4.69) is 20.3 Å². The number of imidazole rings is 1. The van der Waals surface area contributed by atoms with Crippen LogP contribution in [-0.2, 0) is 4.79 Å². The van der Waals surface area contributed by atoms with Crippen LogP contribution in [0.2, 0.25) is 0 Å². The zero-order valence-electron chi connectivity index (χ0n) is 19.9. The minimum Gasteiger partial charge on any atom is -0.493 e. The quantitative estimate of drug-likeness (QED) is 0.371. The second-order valence-corrected chi connectivity index (χ2v) is 7.52. The first-order valence-electron chi connectivity index (χ1n) is 10.8. The highest BCUT2D eigenvalue weighted by Crippen LogP contribution is 2.28. The predicted molar refractivity (Wildman–Crippen MR) is 132 cm³/mol. The molecule has 0 saturated heterocycles. The molecule has 9 heteroatoms. The van der Waals surface area contributed by atoms with Crippen molar-refractivity contribution in [2.75, 3.05) is 19.5 Å². The number of hydrogen-bond acceptors (Lipinski definition) is 7. The van der Waals surface area contributed by atoms with E-state index >= 15 is 0 Å². The van der Waals surface area contributed by atoms with Crippen LogP contribution in [0.15, 0.2) is 67.0 Å². The summed E-state index contributed by atoms with van der Waals surface area (Å²) in [6.45, 7) is 3.70. The Kier molecular flexibility index (Phi) is 7.06. The number of benzene rings is 2. The Morgan fingerprint density at radius 1 is 0.971 bits per heavy atom. The van der Waals surface area contributed by atoms with Crippen LogP contribution in [0.1, 0.15) is 17.2 Å². The maximum atomic E-state index is 12.3. The lowest BCUT2D eigenvalue weighted by atomic mass is 10.2. The Hall–Kier alpha value is -4.66. The molecule has 0 aliphatic heterocycles. The standard InChI is InChI=1S/C26H25N5O4/c1-17-28-24(31-14-13-27-18(31)2)16-26(29-17)35-21-9-7-20(8-10-21)30-25(32)12-6-19-5-11-22(33-3)23(15-19)34-4/h5-16H,1-4H3,(H,30,32)/b12-6+. The zero-order chi connectivity index (χ0) is 24.8. The molecule has 0 saturated carbocycles. The summed E-state index contributed by atoms with van der Waals surface area (Å²) in [5.41, 5.74) is 1.44. The lowest BCUT2D eigenvalue weighted by Gasteiger charge is -2.10. The maximum Gasteiger partial charge on any atom is 0.248 e. The molecule has 0 spiro atoms. The summed E-state index contributed by atoms with van der Waals surface area (Å²) in [7, 11) is 3.14. The number of aryl methyl sites for hydroxylation is 2. The lowest BCUT2D eigenvalue weighted by molar-refractivity contribution is -0.111. The molecule has 2 aromatic carbocycles. The number of hydrogen-bond donors (Lipinski definition) is 1. The van der Waals surface area contributed by atoms with Gasteiger partial charge in [-0.2, -0.15) is 4.98 Å². The smallest absolute Gasteiger partial charge is 0.248 e. The summed E-state index contributed by atoms with van der Waals surface area (Å²) in [6, 6.07) is 14.2. The first-order chi connectivity index (χ1) is 16.9. The molecule has 1 N–H and O–H groups in total. The molecule has 178 valence electrons. The van der Waals surface area contributed by atoms with Crippen molar-refractivity contribution in [1.29, 1.82) is 0 Å². The Balaban J connectivity index is 1.40. The summed E-state index contributed by atoms with van der Waals surface area (Å²) < 4.78 is 18.3. The number of carbonyl (C=O) groups is 1. The SMILES string of the molecule is COc1ccc(/C=C/C(=O)Nc2ccc(Oc3cc(-n4ccnc4C)nc(C)n3)cc2)cc1OC. The molecule has 0 unspecified atom stereocenters. The second kappa shape index (κ2) is 10.5. The van der Waals surface area contributed by atoms with E-state index in [9.17, 15) is 4.79 Å². The van der Waals surface area contributed by atoms with E-state index < -0.39 is 0 Å². The van der Waals surface area contributed by atoms with E-state index in [4.69, 9.17) is 14.2 Å². The summed E-state index contributed by atoms with van der Waals surface area (Å²) in [6.07, 6.45) is 6.70. The van der Waals surface area contributed by atoms with E-state index in [0.717, 1.165) is 11.4 Å². The summed E-state index contributed by atoms with van der Waals surface area (Å²) in [5.74, 6) is 4.02. The third kappa shape index (κ3) is 5.83. The zero-order valence-corrected chi connectivity index (χ0v) is 19.9. The molecule has 0 fully saturated rings. The molecule has 4 aromatic rings. The van der Waals surface area contributed by atoms with Crippen molar-refractivity contribution in [3.63, 3.8) is 0 Å². The maximum absolute atomic E-state index is 12.3. The Morgan fingerprint density at radius 2 is 1.74 bits per heavy atom. The number of amides is 1. The topological polar surface area (TPSA) is 100 Å². The fraction of sp³-hybridized carbons (Fsp3) is 0.154. The molecule has 35 heavy (non-hydrogen) atoms. The Morgan fingerprint density at radius 3 is 2.43 bits per heavy atom. The van der Waals surface area contributed by atoms with Gasteiger partial charge in [-0.05, 0) is 61.9 Å². The second-order valence-electron chi connectivity index (χ2n) is 7.52. The summed E-state index contributed by atoms with van der Waals surface area (Å²) in [5, 5.41) is 2.82. The van der Waals surface area contributed by atoms with Gasteiger partial charge in [0, 0.05) is 30.2 Å². The minimum atomic E-state index is -0.264. The molecule has 0 aliphatic rings. The van der Waals surface area contributed by atoms with E-state index in [1.807, 2.05) is 23.8 Å². The molecule has 0 radical (unpaired) electrons. The molecule has 2 heterocycles. The van der Waals surface area contributed by atoms with Crippen molar-refractivity contribution in [1.82, 2.24) is 19.5 Å². The van der Waals surface area contributed by atoms with E-state index in [1.54, 1.807) is 75.9 Å². The molecule has 0 aliphatic carbocycles. The van der Waals surface area contributed by atoms with E-state index in [1.165, 1.54) is 6.08 Å².